The molecule has 1 unspecified atom stereocenters. The molecule has 0 amide bonds. The standard InChI is InChI=1S/C10H13ClN2O4S/c1-7(4-5-9(14)15)13-18(16,17)8-3-2-6-12-10(8)11/h2-3,6-7,13H,4-5H2,1H3,(H,14,15). The van der Waals surface area contributed by atoms with Crippen molar-refractivity contribution in [2.24, 2.45) is 0 Å². The highest BCUT2D eigenvalue weighted by Gasteiger charge is 2.20. The molecule has 8 heteroatoms. The summed E-state index contributed by atoms with van der Waals surface area (Å²) in [6, 6.07) is 2.30. The summed E-state index contributed by atoms with van der Waals surface area (Å²) in [5.41, 5.74) is 0. The predicted molar refractivity (Wildman–Crippen MR) is 65.9 cm³/mol. The van der Waals surface area contributed by atoms with Crippen LogP contribution in [-0.4, -0.2) is 30.5 Å². The van der Waals surface area contributed by atoms with E-state index in [0.29, 0.717) is 0 Å². The number of sulfonamides is 1. The first-order chi connectivity index (χ1) is 8.33. The second kappa shape index (κ2) is 6.12. The van der Waals surface area contributed by atoms with Gasteiger partial charge in [-0.25, -0.2) is 18.1 Å². The SMILES string of the molecule is CC(CCC(=O)O)NS(=O)(=O)c1cccnc1Cl. The van der Waals surface area contributed by atoms with Gasteiger partial charge in [0.15, 0.2) is 0 Å². The lowest BCUT2D eigenvalue weighted by Gasteiger charge is -2.13. The average molecular weight is 293 g/mol. The molecule has 6 nitrogen and oxygen atoms in total. The largest absolute Gasteiger partial charge is 0.481 e. The van der Waals surface area contributed by atoms with E-state index < -0.39 is 22.0 Å². The molecule has 0 aliphatic heterocycles. The quantitative estimate of drug-likeness (QED) is 0.770. The maximum Gasteiger partial charge on any atom is 0.303 e. The Bertz CT molecular complexity index is 532. The average Bonchev–Trinajstić information content (AvgIpc) is 2.26. The minimum absolute atomic E-state index is 0.107. The van der Waals surface area contributed by atoms with Crippen LogP contribution in [0, 0.1) is 0 Å². The number of pyridine rings is 1. The minimum atomic E-state index is -3.78. The Balaban J connectivity index is 2.77. The smallest absolute Gasteiger partial charge is 0.303 e. The van der Waals surface area contributed by atoms with E-state index in [1.54, 1.807) is 6.92 Å². The molecule has 1 atom stereocenters. The molecule has 1 aromatic heterocycles. The summed E-state index contributed by atoms with van der Waals surface area (Å²) < 4.78 is 26.2. The molecule has 100 valence electrons. The van der Waals surface area contributed by atoms with Crippen molar-refractivity contribution in [1.29, 1.82) is 0 Å². The molecule has 0 aliphatic carbocycles. The fourth-order valence-electron chi connectivity index (χ4n) is 1.30. The monoisotopic (exact) mass is 292 g/mol. The van der Waals surface area contributed by atoms with Gasteiger partial charge in [0.25, 0.3) is 0 Å². The van der Waals surface area contributed by atoms with Crippen LogP contribution < -0.4 is 4.72 Å². The number of aliphatic carboxylic acids is 1. The molecule has 2 N–H and O–H groups in total. The van der Waals surface area contributed by atoms with Crippen LogP contribution in [0.15, 0.2) is 23.2 Å². The van der Waals surface area contributed by atoms with Gasteiger partial charge in [-0.1, -0.05) is 11.6 Å². The zero-order chi connectivity index (χ0) is 13.8. The molecular weight excluding hydrogens is 280 g/mol. The van der Waals surface area contributed by atoms with Crippen LogP contribution in [0.4, 0.5) is 0 Å². The first-order valence-corrected chi connectivity index (χ1v) is 7.03. The van der Waals surface area contributed by atoms with E-state index in [4.69, 9.17) is 16.7 Å². The van der Waals surface area contributed by atoms with E-state index in [-0.39, 0.29) is 22.9 Å². The van der Waals surface area contributed by atoms with E-state index in [1.165, 1.54) is 18.3 Å². The van der Waals surface area contributed by atoms with Crippen LogP contribution in [0.2, 0.25) is 5.15 Å². The number of hydrogen-bond donors (Lipinski definition) is 2. The third kappa shape index (κ3) is 4.25. The normalized spacial score (nSPS) is 13.2. The molecule has 1 aromatic rings. The molecule has 0 saturated heterocycles. The van der Waals surface area contributed by atoms with Gasteiger partial charge < -0.3 is 5.11 Å². The molecule has 0 aromatic carbocycles. The molecule has 18 heavy (non-hydrogen) atoms. The second-order valence-corrected chi connectivity index (χ2v) is 5.79. The van der Waals surface area contributed by atoms with E-state index in [1.807, 2.05) is 0 Å². The molecule has 0 aliphatic rings. The first-order valence-electron chi connectivity index (χ1n) is 5.17. The van der Waals surface area contributed by atoms with E-state index in [2.05, 4.69) is 9.71 Å². The summed E-state index contributed by atoms with van der Waals surface area (Å²) in [6.07, 6.45) is 1.48. The summed E-state index contributed by atoms with van der Waals surface area (Å²) in [4.78, 5) is 13.9. The second-order valence-electron chi connectivity index (χ2n) is 3.75. The van der Waals surface area contributed by atoms with Gasteiger partial charge in [-0.3, -0.25) is 4.79 Å². The van der Waals surface area contributed by atoms with Crippen LogP contribution in [0.5, 0.6) is 0 Å². The molecule has 0 saturated carbocycles. The Hall–Kier alpha value is -1.18. The van der Waals surface area contributed by atoms with Crippen molar-refractivity contribution in [1.82, 2.24) is 9.71 Å². The highest BCUT2D eigenvalue weighted by atomic mass is 35.5. The predicted octanol–water partition coefficient (Wildman–Crippen LogP) is 1.27. The van der Waals surface area contributed by atoms with Gasteiger partial charge in [-0.15, -0.1) is 0 Å². The number of carbonyl (C=O) groups is 1. The van der Waals surface area contributed by atoms with Crippen LogP contribution in [-0.2, 0) is 14.8 Å². The molecule has 1 rings (SSSR count). The highest BCUT2D eigenvalue weighted by molar-refractivity contribution is 7.89. The number of carboxylic acid groups (broad SMARTS) is 1. The van der Waals surface area contributed by atoms with E-state index in [0.717, 1.165) is 0 Å². The Morgan fingerprint density at radius 1 is 1.61 bits per heavy atom. The third-order valence-electron chi connectivity index (χ3n) is 2.16. The number of carboxylic acids is 1. The Labute approximate surface area is 110 Å². The Kier molecular flexibility index (Phi) is 5.06. The van der Waals surface area contributed by atoms with Crippen LogP contribution in [0.3, 0.4) is 0 Å². The molecule has 0 bridgehead atoms. The lowest BCUT2D eigenvalue weighted by atomic mass is 10.2. The van der Waals surface area contributed by atoms with Gasteiger partial charge in [0.1, 0.15) is 10.0 Å². The fourth-order valence-corrected chi connectivity index (χ4v) is 3.03. The number of nitrogens with one attached hydrogen (secondary N) is 1. The Morgan fingerprint density at radius 3 is 2.83 bits per heavy atom. The number of halogens is 1. The summed E-state index contributed by atoms with van der Waals surface area (Å²) in [5, 5.41) is 8.40. The van der Waals surface area contributed by atoms with E-state index in [9.17, 15) is 13.2 Å². The van der Waals surface area contributed by atoms with Gasteiger partial charge in [0.2, 0.25) is 10.0 Å². The van der Waals surface area contributed by atoms with Crippen molar-refractivity contribution >= 4 is 27.6 Å². The van der Waals surface area contributed by atoms with Gasteiger partial charge >= 0.3 is 5.97 Å². The van der Waals surface area contributed by atoms with Crippen LogP contribution in [0.25, 0.3) is 0 Å². The summed E-state index contributed by atoms with van der Waals surface area (Å²) >= 11 is 5.70. The van der Waals surface area contributed by atoms with Gasteiger partial charge in [0.05, 0.1) is 0 Å². The molecule has 1 heterocycles. The number of nitrogens with zero attached hydrogens (tertiary/aromatic N) is 1. The van der Waals surface area contributed by atoms with Crippen molar-refractivity contribution in [3.8, 4) is 0 Å². The van der Waals surface area contributed by atoms with E-state index >= 15 is 0 Å². The lowest BCUT2D eigenvalue weighted by molar-refractivity contribution is -0.137. The molecule has 0 fully saturated rings. The first kappa shape index (κ1) is 14.9. The summed E-state index contributed by atoms with van der Waals surface area (Å²) in [6.45, 7) is 1.59. The van der Waals surface area contributed by atoms with Gasteiger partial charge in [0, 0.05) is 18.7 Å². The zero-order valence-electron chi connectivity index (χ0n) is 9.63. The minimum Gasteiger partial charge on any atom is -0.481 e. The highest BCUT2D eigenvalue weighted by Crippen LogP contribution is 2.18. The molecule has 0 radical (unpaired) electrons. The van der Waals surface area contributed by atoms with Crippen molar-refractivity contribution in [2.45, 2.75) is 30.7 Å². The lowest BCUT2D eigenvalue weighted by Crippen LogP contribution is -2.33. The van der Waals surface area contributed by atoms with Gasteiger partial charge in [-0.05, 0) is 25.5 Å². The fraction of sp³-hybridized carbons (Fsp3) is 0.400. The number of rotatable bonds is 6. The van der Waals surface area contributed by atoms with Crippen molar-refractivity contribution in [2.75, 3.05) is 0 Å². The summed E-state index contributed by atoms with van der Waals surface area (Å²) in [5.74, 6) is -0.972. The number of hydrogen-bond acceptors (Lipinski definition) is 4. The molecular formula is C10H13ClN2O4S. The number of aromatic nitrogens is 1. The molecule has 0 spiro atoms. The summed E-state index contributed by atoms with van der Waals surface area (Å²) in [7, 11) is -3.78. The van der Waals surface area contributed by atoms with Crippen molar-refractivity contribution in [3.05, 3.63) is 23.5 Å². The third-order valence-corrected chi connectivity index (χ3v) is 4.20. The maximum atomic E-state index is 11.9. The van der Waals surface area contributed by atoms with Gasteiger partial charge in [-0.2, -0.15) is 0 Å². The Morgan fingerprint density at radius 2 is 2.28 bits per heavy atom. The maximum absolute atomic E-state index is 11.9. The zero-order valence-corrected chi connectivity index (χ0v) is 11.2. The van der Waals surface area contributed by atoms with Crippen molar-refractivity contribution in [3.63, 3.8) is 0 Å². The van der Waals surface area contributed by atoms with Crippen LogP contribution >= 0.6 is 11.6 Å². The van der Waals surface area contributed by atoms with Crippen LogP contribution in [0.1, 0.15) is 19.8 Å². The van der Waals surface area contributed by atoms with Crippen molar-refractivity contribution < 1.29 is 18.3 Å². The topological polar surface area (TPSA) is 96.4 Å².